The average Bonchev–Trinajstić information content (AvgIpc) is 2.75. The van der Waals surface area contributed by atoms with Gasteiger partial charge in [0.15, 0.2) is 0 Å². The number of amides is 3. The molecule has 2 aromatic rings. The average molecular weight is 349 g/mol. The number of hydrogen-bond acceptors (Lipinski definition) is 4. The fourth-order valence-corrected chi connectivity index (χ4v) is 3.22. The maximum Gasteiger partial charge on any atom is 0.259 e. The first kappa shape index (κ1) is 17.6. The molecule has 3 amide bonds. The molecule has 24 heavy (non-hydrogen) atoms. The summed E-state index contributed by atoms with van der Waals surface area (Å²) in [6.07, 6.45) is 0. The van der Waals surface area contributed by atoms with Gasteiger partial charge in [0.1, 0.15) is 10.8 Å². The van der Waals surface area contributed by atoms with Gasteiger partial charge in [-0.05, 0) is 37.6 Å². The van der Waals surface area contributed by atoms with Crippen LogP contribution in [0.5, 0.6) is 0 Å². The van der Waals surface area contributed by atoms with Crippen molar-refractivity contribution in [2.75, 3.05) is 10.6 Å². The molecular weight excluding hydrogens is 333 g/mol. The van der Waals surface area contributed by atoms with E-state index in [-0.39, 0.29) is 22.0 Å². The van der Waals surface area contributed by atoms with Gasteiger partial charge in [-0.3, -0.25) is 14.4 Å². The van der Waals surface area contributed by atoms with Crippen LogP contribution in [-0.4, -0.2) is 17.7 Å². The maximum absolute atomic E-state index is 13.9. The highest BCUT2D eigenvalue weighted by Gasteiger charge is 2.21. The van der Waals surface area contributed by atoms with Crippen molar-refractivity contribution >= 4 is 39.7 Å². The van der Waals surface area contributed by atoms with E-state index in [1.54, 1.807) is 13.8 Å². The minimum atomic E-state index is -0.743. The Morgan fingerprint density at radius 1 is 1.17 bits per heavy atom. The number of hydrogen-bond donors (Lipinski definition) is 3. The molecule has 0 fully saturated rings. The summed E-state index contributed by atoms with van der Waals surface area (Å²) in [5, 5.41) is 5.26. The lowest BCUT2D eigenvalue weighted by Gasteiger charge is -2.08. The van der Waals surface area contributed by atoms with Gasteiger partial charge < -0.3 is 16.4 Å². The van der Waals surface area contributed by atoms with Crippen LogP contribution in [0.4, 0.5) is 15.1 Å². The lowest BCUT2D eigenvalue weighted by molar-refractivity contribution is -0.114. The van der Waals surface area contributed by atoms with Crippen LogP contribution in [0.25, 0.3) is 0 Å². The molecule has 0 bridgehead atoms. The molecule has 8 heteroatoms. The third-order valence-electron chi connectivity index (χ3n) is 3.39. The number of rotatable bonds is 4. The number of nitrogens with two attached hydrogens (primary N) is 1. The smallest absolute Gasteiger partial charge is 0.259 e. The SMILES string of the molecule is CC(=O)Nc1ccc(F)c(C(=O)Nc2sc(C)c(C)c2C(N)=O)c1. The number of primary amides is 1. The molecule has 0 aliphatic heterocycles. The van der Waals surface area contributed by atoms with Crippen molar-refractivity contribution in [3.63, 3.8) is 0 Å². The van der Waals surface area contributed by atoms with Gasteiger partial charge in [-0.2, -0.15) is 0 Å². The van der Waals surface area contributed by atoms with E-state index in [9.17, 15) is 18.8 Å². The molecule has 1 heterocycles. The van der Waals surface area contributed by atoms with Crippen LogP contribution in [0.15, 0.2) is 18.2 Å². The highest BCUT2D eigenvalue weighted by atomic mass is 32.1. The molecule has 0 saturated carbocycles. The second kappa shape index (κ2) is 6.79. The number of carbonyl (C=O) groups excluding carboxylic acids is 3. The Morgan fingerprint density at radius 2 is 1.83 bits per heavy atom. The Hall–Kier alpha value is -2.74. The van der Waals surface area contributed by atoms with E-state index in [0.29, 0.717) is 11.3 Å². The zero-order valence-electron chi connectivity index (χ0n) is 13.3. The van der Waals surface area contributed by atoms with Crippen molar-refractivity contribution in [3.8, 4) is 0 Å². The molecule has 0 aliphatic carbocycles. The Balaban J connectivity index is 2.36. The summed E-state index contributed by atoms with van der Waals surface area (Å²) >= 11 is 1.19. The molecule has 0 spiro atoms. The lowest BCUT2D eigenvalue weighted by atomic mass is 10.1. The number of halogens is 1. The first-order valence-corrected chi connectivity index (χ1v) is 7.80. The highest BCUT2D eigenvalue weighted by molar-refractivity contribution is 7.16. The number of aryl methyl sites for hydroxylation is 1. The van der Waals surface area contributed by atoms with Crippen LogP contribution in [0.2, 0.25) is 0 Å². The monoisotopic (exact) mass is 349 g/mol. The summed E-state index contributed by atoms with van der Waals surface area (Å²) in [5.74, 6) is -2.48. The molecular formula is C16H16FN3O3S. The van der Waals surface area contributed by atoms with Crippen LogP contribution in [-0.2, 0) is 4.79 Å². The summed E-state index contributed by atoms with van der Waals surface area (Å²) in [4.78, 5) is 35.8. The van der Waals surface area contributed by atoms with E-state index >= 15 is 0 Å². The predicted octanol–water partition coefficient (Wildman–Crippen LogP) is 2.81. The van der Waals surface area contributed by atoms with E-state index in [1.165, 1.54) is 30.4 Å². The number of carbonyl (C=O) groups is 3. The first-order chi connectivity index (χ1) is 11.2. The van der Waals surface area contributed by atoms with Crippen molar-refractivity contribution in [1.82, 2.24) is 0 Å². The standard InChI is InChI=1S/C16H16FN3O3S/c1-7-8(2)24-16(13(7)14(18)22)20-15(23)11-6-10(19-9(3)21)4-5-12(11)17/h4-6H,1-3H3,(H2,18,22)(H,19,21)(H,20,23). The largest absolute Gasteiger partial charge is 0.365 e. The fraction of sp³-hybridized carbons (Fsp3) is 0.188. The van der Waals surface area contributed by atoms with Gasteiger partial charge in [-0.15, -0.1) is 11.3 Å². The van der Waals surface area contributed by atoms with Crippen LogP contribution < -0.4 is 16.4 Å². The normalized spacial score (nSPS) is 10.3. The minimum Gasteiger partial charge on any atom is -0.365 e. The molecule has 0 saturated heterocycles. The Kier molecular flexibility index (Phi) is 4.99. The Bertz CT molecular complexity index is 845. The minimum absolute atomic E-state index is 0.212. The van der Waals surface area contributed by atoms with Gasteiger partial charge in [-0.1, -0.05) is 0 Å². The lowest BCUT2D eigenvalue weighted by Crippen LogP contribution is -2.18. The zero-order chi connectivity index (χ0) is 18.0. The fourth-order valence-electron chi connectivity index (χ4n) is 2.16. The van der Waals surface area contributed by atoms with Crippen molar-refractivity contribution in [2.45, 2.75) is 20.8 Å². The van der Waals surface area contributed by atoms with E-state index < -0.39 is 17.6 Å². The molecule has 1 aromatic carbocycles. The van der Waals surface area contributed by atoms with Crippen LogP contribution in [0.1, 0.15) is 38.1 Å². The Labute approximate surface area is 141 Å². The zero-order valence-corrected chi connectivity index (χ0v) is 14.1. The number of anilines is 2. The van der Waals surface area contributed by atoms with Crippen LogP contribution in [0.3, 0.4) is 0 Å². The summed E-state index contributed by atoms with van der Waals surface area (Å²) in [6, 6.07) is 3.66. The highest BCUT2D eigenvalue weighted by Crippen LogP contribution is 2.32. The van der Waals surface area contributed by atoms with Crippen LogP contribution >= 0.6 is 11.3 Å². The quantitative estimate of drug-likeness (QED) is 0.791. The van der Waals surface area contributed by atoms with Crippen molar-refractivity contribution in [3.05, 3.63) is 45.6 Å². The van der Waals surface area contributed by atoms with E-state index in [2.05, 4.69) is 10.6 Å². The second-order valence-electron chi connectivity index (χ2n) is 5.18. The molecule has 0 radical (unpaired) electrons. The number of nitrogens with one attached hydrogen (secondary N) is 2. The molecule has 4 N–H and O–H groups in total. The number of benzene rings is 1. The van der Waals surface area contributed by atoms with Crippen molar-refractivity contribution in [1.29, 1.82) is 0 Å². The summed E-state index contributed by atoms with van der Waals surface area (Å²) in [6.45, 7) is 4.82. The molecule has 1 aromatic heterocycles. The van der Waals surface area contributed by atoms with Gasteiger partial charge in [-0.25, -0.2) is 4.39 Å². The summed E-state index contributed by atoms with van der Waals surface area (Å²) in [7, 11) is 0. The van der Waals surface area contributed by atoms with Gasteiger partial charge in [0.25, 0.3) is 11.8 Å². The topological polar surface area (TPSA) is 101 Å². The maximum atomic E-state index is 13.9. The molecule has 0 atom stereocenters. The van der Waals surface area contributed by atoms with Crippen molar-refractivity contribution in [2.24, 2.45) is 5.73 Å². The van der Waals surface area contributed by atoms with E-state index in [4.69, 9.17) is 5.73 Å². The summed E-state index contributed by atoms with van der Waals surface area (Å²) < 4.78 is 13.9. The predicted molar refractivity (Wildman–Crippen MR) is 91.0 cm³/mol. The third-order valence-corrected chi connectivity index (χ3v) is 4.51. The van der Waals surface area contributed by atoms with Crippen molar-refractivity contribution < 1.29 is 18.8 Å². The van der Waals surface area contributed by atoms with E-state index in [1.807, 2.05) is 0 Å². The molecule has 2 rings (SSSR count). The van der Waals surface area contributed by atoms with Gasteiger partial charge in [0.2, 0.25) is 5.91 Å². The summed E-state index contributed by atoms with van der Waals surface area (Å²) in [5.41, 5.74) is 6.28. The molecule has 0 aliphatic rings. The molecule has 0 unspecified atom stereocenters. The van der Waals surface area contributed by atoms with E-state index in [0.717, 1.165) is 10.9 Å². The third kappa shape index (κ3) is 3.60. The first-order valence-electron chi connectivity index (χ1n) is 6.99. The second-order valence-corrected chi connectivity index (χ2v) is 6.41. The molecule has 126 valence electrons. The van der Waals surface area contributed by atoms with Gasteiger partial charge in [0, 0.05) is 17.5 Å². The van der Waals surface area contributed by atoms with Gasteiger partial charge in [0.05, 0.1) is 11.1 Å². The van der Waals surface area contributed by atoms with Crippen LogP contribution in [0, 0.1) is 19.7 Å². The molecule has 6 nitrogen and oxygen atoms in total. The number of thiophene rings is 1. The Morgan fingerprint density at radius 3 is 2.42 bits per heavy atom. The van der Waals surface area contributed by atoms with Gasteiger partial charge >= 0.3 is 0 Å².